The van der Waals surface area contributed by atoms with Gasteiger partial charge in [-0.2, -0.15) is 0 Å². The smallest absolute Gasteiger partial charge is 0.328 e. The highest BCUT2D eigenvalue weighted by Crippen LogP contribution is 2.34. The third-order valence-corrected chi connectivity index (χ3v) is 3.17. The van der Waals surface area contributed by atoms with Crippen molar-refractivity contribution in [3.8, 4) is 11.5 Å². The van der Waals surface area contributed by atoms with E-state index in [0.717, 1.165) is 12.2 Å². The highest BCUT2D eigenvalue weighted by molar-refractivity contribution is 6.35. The summed E-state index contributed by atoms with van der Waals surface area (Å²) in [6.07, 6.45) is 1.66. The van der Waals surface area contributed by atoms with Crippen molar-refractivity contribution in [2.75, 3.05) is 5.32 Å². The molecule has 5 nitrogen and oxygen atoms in total. The Morgan fingerprint density at radius 3 is 2.48 bits per heavy atom. The monoisotopic (exact) mass is 351 g/mol. The van der Waals surface area contributed by atoms with E-state index in [1.165, 1.54) is 6.07 Å². The zero-order chi connectivity index (χ0) is 16.8. The van der Waals surface area contributed by atoms with Crippen molar-refractivity contribution in [3.63, 3.8) is 0 Å². The zero-order valence-corrected chi connectivity index (χ0v) is 13.1. The lowest BCUT2D eigenvalue weighted by Gasteiger charge is -2.12. The summed E-state index contributed by atoms with van der Waals surface area (Å²) in [7, 11) is 0. The molecule has 1 amide bonds. The number of carboxylic acid groups (broad SMARTS) is 1. The van der Waals surface area contributed by atoms with E-state index < -0.39 is 11.9 Å². The lowest BCUT2D eigenvalue weighted by atomic mass is 10.2. The van der Waals surface area contributed by atoms with Crippen LogP contribution in [0, 0.1) is 0 Å². The van der Waals surface area contributed by atoms with E-state index in [0.29, 0.717) is 27.2 Å². The maximum absolute atomic E-state index is 11.7. The largest absolute Gasteiger partial charge is 0.478 e. The molecule has 0 saturated carbocycles. The minimum atomic E-state index is -1.21. The Hall–Kier alpha value is -2.50. The quantitative estimate of drug-likeness (QED) is 0.784. The van der Waals surface area contributed by atoms with Gasteiger partial charge < -0.3 is 15.2 Å². The predicted molar refractivity (Wildman–Crippen MR) is 88.4 cm³/mol. The van der Waals surface area contributed by atoms with Crippen LogP contribution in [-0.4, -0.2) is 17.0 Å². The van der Waals surface area contributed by atoms with Crippen LogP contribution in [0.25, 0.3) is 0 Å². The summed E-state index contributed by atoms with van der Waals surface area (Å²) in [4.78, 5) is 22.1. The van der Waals surface area contributed by atoms with Crippen LogP contribution in [0.5, 0.6) is 11.5 Å². The Bertz CT molecular complexity index is 774. The van der Waals surface area contributed by atoms with Gasteiger partial charge in [0.05, 0.1) is 10.7 Å². The van der Waals surface area contributed by atoms with E-state index in [-0.39, 0.29) is 0 Å². The number of hydrogen-bond acceptors (Lipinski definition) is 3. The fraction of sp³-hybridized carbons (Fsp3) is 0. The molecule has 2 rings (SSSR count). The van der Waals surface area contributed by atoms with E-state index >= 15 is 0 Å². The van der Waals surface area contributed by atoms with Crippen LogP contribution in [0.15, 0.2) is 54.6 Å². The van der Waals surface area contributed by atoms with Crippen molar-refractivity contribution in [1.29, 1.82) is 0 Å². The Labute approximate surface area is 142 Å². The predicted octanol–water partition coefficient (Wildman–Crippen LogP) is 4.37. The number of halogens is 2. The van der Waals surface area contributed by atoms with E-state index in [9.17, 15) is 9.59 Å². The van der Waals surface area contributed by atoms with Crippen molar-refractivity contribution in [1.82, 2.24) is 0 Å². The third kappa shape index (κ3) is 5.02. The Morgan fingerprint density at radius 1 is 1.04 bits per heavy atom. The molecule has 0 saturated heterocycles. The van der Waals surface area contributed by atoms with E-state index in [2.05, 4.69) is 5.32 Å². The zero-order valence-electron chi connectivity index (χ0n) is 11.6. The third-order valence-electron chi connectivity index (χ3n) is 2.64. The molecule has 2 aromatic rings. The molecule has 23 heavy (non-hydrogen) atoms. The van der Waals surface area contributed by atoms with Crippen LogP contribution in [0.3, 0.4) is 0 Å². The lowest BCUT2D eigenvalue weighted by molar-refractivity contribution is -0.131. The van der Waals surface area contributed by atoms with Gasteiger partial charge in [-0.15, -0.1) is 0 Å². The molecule has 0 aliphatic carbocycles. The molecule has 0 aliphatic rings. The fourth-order valence-electron chi connectivity index (χ4n) is 1.66. The van der Waals surface area contributed by atoms with Gasteiger partial charge in [-0.1, -0.05) is 35.3 Å². The molecule has 0 atom stereocenters. The lowest BCUT2D eigenvalue weighted by Crippen LogP contribution is -2.09. The molecule has 0 bridgehead atoms. The van der Waals surface area contributed by atoms with Crippen LogP contribution in [0.2, 0.25) is 10.0 Å². The number of hydrogen-bond donors (Lipinski definition) is 2. The average Bonchev–Trinajstić information content (AvgIpc) is 2.50. The molecule has 7 heteroatoms. The normalized spacial score (nSPS) is 10.5. The molecule has 0 aliphatic heterocycles. The van der Waals surface area contributed by atoms with E-state index in [4.69, 9.17) is 33.0 Å². The summed E-state index contributed by atoms with van der Waals surface area (Å²) in [6, 6.07) is 11.4. The maximum Gasteiger partial charge on any atom is 0.328 e. The van der Waals surface area contributed by atoms with Crippen LogP contribution in [-0.2, 0) is 9.59 Å². The van der Waals surface area contributed by atoms with Crippen LogP contribution >= 0.6 is 23.2 Å². The summed E-state index contributed by atoms with van der Waals surface area (Å²) in [6.45, 7) is 0. The first-order valence-corrected chi connectivity index (χ1v) is 7.15. The number of anilines is 1. The van der Waals surface area contributed by atoms with Crippen molar-refractivity contribution < 1.29 is 19.4 Å². The molecular formula is C16H11Cl2NO4. The molecule has 0 radical (unpaired) electrons. The molecule has 0 heterocycles. The minimum absolute atomic E-state index is 0.324. The second-order valence-corrected chi connectivity index (χ2v) is 5.18. The van der Waals surface area contributed by atoms with Crippen molar-refractivity contribution >= 4 is 40.8 Å². The Balaban J connectivity index is 2.20. The van der Waals surface area contributed by atoms with Crippen molar-refractivity contribution in [2.24, 2.45) is 0 Å². The van der Waals surface area contributed by atoms with Crippen molar-refractivity contribution in [3.05, 3.63) is 64.7 Å². The van der Waals surface area contributed by atoms with Crippen LogP contribution < -0.4 is 10.1 Å². The number of carboxylic acids is 1. The van der Waals surface area contributed by atoms with Crippen LogP contribution in [0.1, 0.15) is 0 Å². The molecular weight excluding hydrogens is 341 g/mol. The summed E-state index contributed by atoms with van der Waals surface area (Å²) < 4.78 is 5.68. The highest BCUT2D eigenvalue weighted by atomic mass is 35.5. The van der Waals surface area contributed by atoms with Gasteiger partial charge in [0.1, 0.15) is 5.75 Å². The SMILES string of the molecule is O=C(O)C=CC(=O)Nc1ccccc1Oc1ccc(Cl)cc1Cl. The molecule has 118 valence electrons. The van der Waals surface area contributed by atoms with Crippen molar-refractivity contribution in [2.45, 2.75) is 0 Å². The van der Waals surface area contributed by atoms with Crippen LogP contribution in [0.4, 0.5) is 5.69 Å². The van der Waals surface area contributed by atoms with Gasteiger partial charge in [0, 0.05) is 17.2 Å². The molecule has 0 fully saturated rings. The number of nitrogens with one attached hydrogen (secondary N) is 1. The van der Waals surface area contributed by atoms with Gasteiger partial charge >= 0.3 is 5.97 Å². The van der Waals surface area contributed by atoms with Gasteiger partial charge in [0.25, 0.3) is 0 Å². The molecule has 2 aromatic carbocycles. The Morgan fingerprint density at radius 2 is 1.78 bits per heavy atom. The summed E-state index contributed by atoms with van der Waals surface area (Å²) in [5.41, 5.74) is 0.374. The topological polar surface area (TPSA) is 75.6 Å². The molecule has 0 aromatic heterocycles. The first-order chi connectivity index (χ1) is 11.0. The summed E-state index contributed by atoms with van der Waals surface area (Å²) >= 11 is 11.9. The number of para-hydroxylation sites is 2. The number of aliphatic carboxylic acids is 1. The first-order valence-electron chi connectivity index (χ1n) is 6.39. The number of amides is 1. The number of ether oxygens (including phenoxy) is 1. The van der Waals surface area contributed by atoms with Gasteiger partial charge in [0.2, 0.25) is 5.91 Å². The second kappa shape index (κ2) is 7.67. The van der Waals surface area contributed by atoms with E-state index in [1.807, 2.05) is 0 Å². The highest BCUT2D eigenvalue weighted by Gasteiger charge is 2.09. The van der Waals surface area contributed by atoms with Gasteiger partial charge in [-0.05, 0) is 30.3 Å². The molecule has 0 spiro atoms. The standard InChI is InChI=1S/C16H11Cl2NO4/c17-10-5-6-13(11(18)9-10)23-14-4-2-1-3-12(14)19-15(20)7-8-16(21)22/h1-9H,(H,19,20)(H,21,22). The second-order valence-electron chi connectivity index (χ2n) is 4.33. The summed E-state index contributed by atoms with van der Waals surface area (Å²) in [5.74, 6) is -1.07. The van der Waals surface area contributed by atoms with E-state index in [1.54, 1.807) is 36.4 Å². The maximum atomic E-state index is 11.7. The first kappa shape index (κ1) is 16.9. The Kier molecular flexibility index (Phi) is 5.62. The minimum Gasteiger partial charge on any atom is -0.478 e. The van der Waals surface area contributed by atoms with Gasteiger partial charge in [0.15, 0.2) is 5.75 Å². The number of carbonyl (C=O) groups excluding carboxylic acids is 1. The number of rotatable bonds is 5. The number of benzene rings is 2. The van der Waals surface area contributed by atoms with Gasteiger partial charge in [-0.3, -0.25) is 4.79 Å². The molecule has 2 N–H and O–H groups in total. The molecule has 0 unspecified atom stereocenters. The van der Waals surface area contributed by atoms with Gasteiger partial charge in [-0.25, -0.2) is 4.79 Å². The summed E-state index contributed by atoms with van der Waals surface area (Å²) in [5, 5.41) is 11.8. The number of carbonyl (C=O) groups is 2. The fourth-order valence-corrected chi connectivity index (χ4v) is 2.10. The average molecular weight is 352 g/mol.